The Morgan fingerprint density at radius 3 is 1.69 bits per heavy atom. The summed E-state index contributed by atoms with van der Waals surface area (Å²) in [4.78, 5) is 128. The Balaban J connectivity index is 1.87. The second-order valence-corrected chi connectivity index (χ2v) is 15.5. The van der Waals surface area contributed by atoms with Crippen molar-refractivity contribution >= 4 is 69.6 Å². The van der Waals surface area contributed by atoms with Gasteiger partial charge in [-0.2, -0.15) is 8.42 Å². The van der Waals surface area contributed by atoms with Crippen LogP contribution in [0.1, 0.15) is 50.7 Å². The first kappa shape index (κ1) is 51.0. The quantitative estimate of drug-likeness (QED) is 0.0479. The number of benzene rings is 2. The summed E-state index contributed by atoms with van der Waals surface area (Å²) in [5.41, 5.74) is 5.90. The highest BCUT2D eigenvalue weighted by Gasteiger charge is 2.36. The lowest BCUT2D eigenvalue weighted by Gasteiger charge is -2.26. The Morgan fingerprint density at radius 1 is 0.734 bits per heavy atom. The number of amides is 8. The van der Waals surface area contributed by atoms with Crippen molar-refractivity contribution in [1.29, 1.82) is 0 Å². The molecule has 3 rings (SSSR count). The van der Waals surface area contributed by atoms with Crippen molar-refractivity contribution in [2.45, 2.75) is 88.6 Å². The minimum Gasteiger partial charge on any atom is -0.508 e. The van der Waals surface area contributed by atoms with Crippen molar-refractivity contribution in [3.05, 3.63) is 59.7 Å². The highest BCUT2D eigenvalue weighted by molar-refractivity contribution is 7.81. The van der Waals surface area contributed by atoms with E-state index in [0.29, 0.717) is 18.4 Å². The number of nitrogens with two attached hydrogens (primary N) is 1. The third kappa shape index (κ3) is 16.8. The predicted octanol–water partition coefficient (Wildman–Crippen LogP) is -3.64. The van der Waals surface area contributed by atoms with Crippen LogP contribution in [0.4, 0.5) is 0 Å². The van der Waals surface area contributed by atoms with E-state index in [1.54, 1.807) is 0 Å². The molecule has 8 amide bonds. The molecule has 348 valence electrons. The first-order valence-electron chi connectivity index (χ1n) is 19.2. The van der Waals surface area contributed by atoms with Gasteiger partial charge in [-0.1, -0.05) is 24.3 Å². The minimum atomic E-state index is -4.92. The van der Waals surface area contributed by atoms with Gasteiger partial charge in [-0.15, -0.1) is 0 Å². The normalized spacial score (nSPS) is 15.7. The zero-order valence-electron chi connectivity index (χ0n) is 34.3. The van der Waals surface area contributed by atoms with Crippen LogP contribution in [0, 0.1) is 0 Å². The number of carboxylic acids is 2. The van der Waals surface area contributed by atoms with E-state index in [0.717, 1.165) is 19.1 Å². The predicted molar refractivity (Wildman–Crippen MR) is 217 cm³/mol. The number of hydrogen-bond acceptors (Lipinski definition) is 14. The molecule has 1 fully saturated rings. The zero-order valence-corrected chi connectivity index (χ0v) is 35.1. The molecule has 1 aliphatic heterocycles. The molecular weight excluding hydrogens is 873 g/mol. The number of nitrogens with one attached hydrogen (secondary N) is 6. The maximum Gasteiger partial charge on any atom is 0.446 e. The second kappa shape index (κ2) is 23.2. The summed E-state index contributed by atoms with van der Waals surface area (Å²) in [7, 11) is -4.92. The van der Waals surface area contributed by atoms with E-state index in [9.17, 15) is 71.7 Å². The number of phenols is 1. The second-order valence-electron chi connectivity index (χ2n) is 14.5. The number of aliphatic carboxylic acids is 2. The average Bonchev–Trinajstić information content (AvgIpc) is 3.70. The van der Waals surface area contributed by atoms with Crippen LogP contribution in [0.15, 0.2) is 48.5 Å². The molecule has 0 aromatic heterocycles. The number of nitrogens with zero attached hydrogens (tertiary/aromatic N) is 1. The lowest BCUT2D eigenvalue weighted by Crippen LogP contribution is -2.59. The van der Waals surface area contributed by atoms with Crippen molar-refractivity contribution in [2.24, 2.45) is 5.73 Å². The number of carbonyl (C=O) groups is 10. The van der Waals surface area contributed by atoms with Gasteiger partial charge in [0.1, 0.15) is 47.8 Å². The molecule has 0 aliphatic carbocycles. The monoisotopic (exact) mass is 920 g/mol. The molecule has 1 saturated heterocycles. The number of phenolic OH excluding ortho intramolecular Hbond substituents is 1. The van der Waals surface area contributed by atoms with Crippen LogP contribution in [-0.4, -0.2) is 142 Å². The van der Waals surface area contributed by atoms with Gasteiger partial charge in [0.25, 0.3) is 0 Å². The molecule has 0 radical (unpaired) electrons. The van der Waals surface area contributed by atoms with Gasteiger partial charge in [-0.05, 0) is 55.2 Å². The van der Waals surface area contributed by atoms with Gasteiger partial charge in [-0.25, -0.2) is 0 Å². The van der Waals surface area contributed by atoms with Gasteiger partial charge in [0.15, 0.2) is 0 Å². The average molecular weight is 921 g/mol. The molecule has 26 heteroatoms. The van der Waals surface area contributed by atoms with E-state index in [1.165, 1.54) is 48.2 Å². The van der Waals surface area contributed by atoms with Gasteiger partial charge in [0, 0.05) is 26.3 Å². The summed E-state index contributed by atoms with van der Waals surface area (Å²) in [6, 6.07) is 0.799. The number of hydrogen-bond donors (Lipinski definition) is 11. The van der Waals surface area contributed by atoms with Crippen LogP contribution in [0.2, 0.25) is 0 Å². The molecule has 1 heterocycles. The minimum absolute atomic E-state index is 0.164. The first-order chi connectivity index (χ1) is 29.9. The summed E-state index contributed by atoms with van der Waals surface area (Å²) in [5.74, 6) is -11.3. The summed E-state index contributed by atoms with van der Waals surface area (Å²) >= 11 is 0. The Kier molecular flexibility index (Phi) is 18.5. The molecule has 0 unspecified atom stereocenters. The Morgan fingerprint density at radius 2 is 1.20 bits per heavy atom. The Bertz CT molecular complexity index is 2190. The molecule has 2 aromatic rings. The topological polar surface area (TPSA) is 396 Å². The fourth-order valence-corrected chi connectivity index (χ4v) is 6.73. The summed E-state index contributed by atoms with van der Waals surface area (Å²) in [6.45, 7) is 1.79. The summed E-state index contributed by atoms with van der Waals surface area (Å²) in [6.07, 6.45) is -1.99. The highest BCUT2D eigenvalue weighted by Crippen LogP contribution is 2.19. The van der Waals surface area contributed by atoms with Crippen LogP contribution in [0.25, 0.3) is 0 Å². The van der Waals surface area contributed by atoms with E-state index in [-0.39, 0.29) is 30.0 Å². The molecule has 0 spiro atoms. The van der Waals surface area contributed by atoms with Crippen LogP contribution >= 0.6 is 0 Å². The maximum absolute atomic E-state index is 13.8. The largest absolute Gasteiger partial charge is 0.508 e. The van der Waals surface area contributed by atoms with Gasteiger partial charge >= 0.3 is 22.3 Å². The smallest absolute Gasteiger partial charge is 0.446 e. The molecule has 64 heavy (non-hydrogen) atoms. The van der Waals surface area contributed by atoms with E-state index in [4.69, 9.17) is 10.3 Å². The van der Waals surface area contributed by atoms with Crippen molar-refractivity contribution < 1.29 is 80.4 Å². The molecule has 6 atom stereocenters. The van der Waals surface area contributed by atoms with Crippen LogP contribution in [0.3, 0.4) is 0 Å². The molecule has 25 nitrogen and oxygen atoms in total. The number of carbonyl (C=O) groups excluding carboxylic acids is 8. The number of rotatable bonds is 23. The molecule has 12 N–H and O–H groups in total. The third-order valence-electron chi connectivity index (χ3n) is 9.33. The number of aromatic hydroxyl groups is 1. The summed E-state index contributed by atoms with van der Waals surface area (Å²) in [5, 5.41) is 42.3. The van der Waals surface area contributed by atoms with Crippen molar-refractivity contribution in [3.63, 3.8) is 0 Å². The molecular formula is C38H48N8O17S. The fourth-order valence-electron chi connectivity index (χ4n) is 6.37. The van der Waals surface area contributed by atoms with Gasteiger partial charge in [0.05, 0.1) is 19.4 Å². The van der Waals surface area contributed by atoms with E-state index in [2.05, 4.69) is 36.1 Å². The number of likely N-dealkylation sites (tertiary alicyclic amines) is 1. The molecule has 1 aliphatic rings. The third-order valence-corrected chi connectivity index (χ3v) is 9.73. The zero-order chi connectivity index (χ0) is 47.9. The van der Waals surface area contributed by atoms with Crippen LogP contribution in [0.5, 0.6) is 11.5 Å². The van der Waals surface area contributed by atoms with Crippen molar-refractivity contribution in [3.8, 4) is 11.5 Å². The van der Waals surface area contributed by atoms with E-state index >= 15 is 0 Å². The molecule has 0 saturated carbocycles. The lowest BCUT2D eigenvalue weighted by molar-refractivity contribution is -0.141. The summed E-state index contributed by atoms with van der Waals surface area (Å²) < 4.78 is 35.7. The fraction of sp³-hybridized carbons (Fsp3) is 0.421. The SMILES string of the molecule is CC(=O)N[C@@H](CC(=O)O)C(=O)N[C@@H](Cc1ccc(O)cc1)C(=O)N[C@@H](CC(=O)O)C(=O)N[C@@H](Cc1ccc(OS(=O)(=O)O)cc1)C(=O)NCC(=O)N[C@@H](C)C(=O)N1CCC[C@H]1C(N)=O. The molecule has 0 bridgehead atoms. The van der Waals surface area contributed by atoms with E-state index in [1.807, 2.05) is 0 Å². The van der Waals surface area contributed by atoms with Crippen molar-refractivity contribution in [1.82, 2.24) is 36.8 Å². The standard InChI is InChI=1S/C38H48N8O17S/c1-19(38(59)46-13-3-4-29(46)33(39)54)41-30(49)18-40-34(55)25(14-22-7-11-24(12-8-22)63-64(60,61)62)43-37(58)28(17-32(52)53)45-35(56)26(15-21-5-9-23(48)10-6-21)44-36(57)27(16-31(50)51)42-20(2)47/h5-12,19,25-29,48H,3-4,13-18H2,1-2H3,(H2,39,54)(H,40,55)(H,41,49)(H,42,47)(H,43,58)(H,44,57)(H,45,56)(H,50,51)(H,52,53)(H,60,61,62)/t19-,25-,26-,27-,28-,29-/m0/s1. The Hall–Kier alpha value is -7.35. The van der Waals surface area contributed by atoms with Crippen LogP contribution in [-0.2, 0) is 71.2 Å². The van der Waals surface area contributed by atoms with Gasteiger partial charge < -0.3 is 62.0 Å². The van der Waals surface area contributed by atoms with Gasteiger partial charge in [-0.3, -0.25) is 52.5 Å². The first-order valence-corrected chi connectivity index (χ1v) is 20.6. The Labute approximate surface area is 364 Å². The van der Waals surface area contributed by atoms with Crippen LogP contribution < -0.4 is 41.8 Å². The maximum atomic E-state index is 13.8. The lowest BCUT2D eigenvalue weighted by atomic mass is 10.0. The number of carboxylic acid groups (broad SMARTS) is 2. The van der Waals surface area contributed by atoms with Crippen molar-refractivity contribution in [2.75, 3.05) is 13.1 Å². The van der Waals surface area contributed by atoms with E-state index < -0.39 is 132 Å². The molecule has 2 aromatic carbocycles. The highest BCUT2D eigenvalue weighted by atomic mass is 32.3. The number of primary amides is 1. The van der Waals surface area contributed by atoms with Gasteiger partial charge in [0.2, 0.25) is 47.3 Å².